The number of aromatic nitrogens is 4. The number of hydrogen-bond donors (Lipinski definition) is 0. The molecule has 0 unspecified atom stereocenters. The molecule has 0 aliphatic heterocycles. The Labute approximate surface area is 315 Å². The van der Waals surface area contributed by atoms with E-state index in [0.29, 0.717) is 5.82 Å². The van der Waals surface area contributed by atoms with Crippen LogP contribution in [0.1, 0.15) is 0 Å². The fourth-order valence-corrected chi connectivity index (χ4v) is 8.64. The zero-order valence-electron chi connectivity index (χ0n) is 29.5. The van der Waals surface area contributed by atoms with Crippen molar-refractivity contribution in [1.82, 2.24) is 19.1 Å². The van der Waals surface area contributed by atoms with Gasteiger partial charge in [-0.1, -0.05) is 109 Å². The Morgan fingerprint density at radius 3 is 1.85 bits per heavy atom. The highest BCUT2D eigenvalue weighted by molar-refractivity contribution is 6.24. The number of benzene rings is 8. The predicted molar refractivity (Wildman–Crippen MR) is 226 cm³/mol. The Morgan fingerprint density at radius 1 is 0.382 bits per heavy atom. The van der Waals surface area contributed by atoms with E-state index in [1.807, 2.05) is 24.3 Å². The van der Waals surface area contributed by atoms with E-state index in [9.17, 15) is 0 Å². The third-order valence-corrected chi connectivity index (χ3v) is 11.1. The first-order chi connectivity index (χ1) is 27.3. The number of fused-ring (bicyclic) bond motifs is 11. The average molecular weight is 703 g/mol. The summed E-state index contributed by atoms with van der Waals surface area (Å²) in [5, 5.41) is 8.05. The van der Waals surface area contributed by atoms with E-state index in [4.69, 9.17) is 14.4 Å². The van der Waals surface area contributed by atoms with Crippen LogP contribution in [0.25, 0.3) is 110 Å². The van der Waals surface area contributed by atoms with Crippen molar-refractivity contribution in [2.75, 3.05) is 0 Å². The van der Waals surface area contributed by atoms with Gasteiger partial charge >= 0.3 is 0 Å². The Kier molecular flexibility index (Phi) is 6.27. The molecule has 4 heterocycles. The Morgan fingerprint density at radius 2 is 1.02 bits per heavy atom. The van der Waals surface area contributed by atoms with Crippen LogP contribution in [-0.2, 0) is 0 Å². The largest absolute Gasteiger partial charge is 0.454 e. The van der Waals surface area contributed by atoms with Crippen molar-refractivity contribution in [3.63, 3.8) is 0 Å². The highest BCUT2D eigenvalue weighted by atomic mass is 16.3. The van der Waals surface area contributed by atoms with Crippen molar-refractivity contribution in [1.29, 1.82) is 0 Å². The highest BCUT2D eigenvalue weighted by Crippen LogP contribution is 2.43. The van der Waals surface area contributed by atoms with E-state index in [1.54, 1.807) is 0 Å². The van der Waals surface area contributed by atoms with Gasteiger partial charge in [0.1, 0.15) is 5.58 Å². The third kappa shape index (κ3) is 4.41. The molecule has 0 N–H and O–H groups in total. The van der Waals surface area contributed by atoms with Crippen LogP contribution in [0.2, 0.25) is 0 Å². The Balaban J connectivity index is 1.10. The zero-order valence-corrected chi connectivity index (χ0v) is 29.5. The number of nitrogens with zero attached hydrogens (tertiary/aromatic N) is 4. The lowest BCUT2D eigenvalue weighted by atomic mass is 10.1. The van der Waals surface area contributed by atoms with Crippen molar-refractivity contribution in [2.45, 2.75) is 0 Å². The predicted octanol–water partition coefficient (Wildman–Crippen LogP) is 13.1. The molecule has 0 atom stereocenters. The maximum atomic E-state index is 6.67. The van der Waals surface area contributed by atoms with Crippen LogP contribution in [0.3, 0.4) is 0 Å². The summed E-state index contributed by atoms with van der Waals surface area (Å²) in [6, 6.07) is 64.1. The molecular weight excluding hydrogens is 673 g/mol. The molecule has 0 saturated heterocycles. The summed E-state index contributed by atoms with van der Waals surface area (Å²) in [7, 11) is 0. The number of hydrogen-bond acceptors (Lipinski definition) is 3. The molecule has 0 amide bonds. The van der Waals surface area contributed by atoms with Crippen molar-refractivity contribution < 1.29 is 4.42 Å². The van der Waals surface area contributed by atoms with E-state index in [-0.39, 0.29) is 0 Å². The van der Waals surface area contributed by atoms with Gasteiger partial charge in [0.25, 0.3) is 0 Å². The summed E-state index contributed by atoms with van der Waals surface area (Å²) in [6.45, 7) is 0. The second-order valence-electron chi connectivity index (χ2n) is 14.2. The van der Waals surface area contributed by atoms with Gasteiger partial charge in [-0.05, 0) is 72.8 Å². The molecule has 12 aromatic rings. The van der Waals surface area contributed by atoms with Crippen LogP contribution in [0.15, 0.2) is 186 Å². The lowest BCUT2D eigenvalue weighted by molar-refractivity contribution is 0.671. The van der Waals surface area contributed by atoms with Gasteiger partial charge in [-0.15, -0.1) is 0 Å². The van der Waals surface area contributed by atoms with E-state index in [2.05, 4.69) is 167 Å². The van der Waals surface area contributed by atoms with Gasteiger partial charge in [0.15, 0.2) is 11.4 Å². The number of rotatable bonds is 4. The van der Waals surface area contributed by atoms with E-state index >= 15 is 0 Å². The van der Waals surface area contributed by atoms with Crippen molar-refractivity contribution in [3.05, 3.63) is 182 Å². The monoisotopic (exact) mass is 702 g/mol. The van der Waals surface area contributed by atoms with Gasteiger partial charge in [-0.3, -0.25) is 0 Å². The maximum absolute atomic E-state index is 6.67. The summed E-state index contributed by atoms with van der Waals surface area (Å²) in [5.41, 5.74) is 12.3. The smallest absolute Gasteiger partial charge is 0.160 e. The molecule has 12 rings (SSSR count). The maximum Gasteiger partial charge on any atom is 0.160 e. The quantitative estimate of drug-likeness (QED) is 0.183. The van der Waals surface area contributed by atoms with E-state index in [0.717, 1.165) is 83.1 Å². The number of furan rings is 1. The normalized spacial score (nSPS) is 12.0. The third-order valence-electron chi connectivity index (χ3n) is 11.1. The molecule has 5 nitrogen and oxygen atoms in total. The molecule has 4 aromatic heterocycles. The molecule has 55 heavy (non-hydrogen) atoms. The lowest BCUT2D eigenvalue weighted by Gasteiger charge is -2.12. The SMILES string of the molecule is c1ccc(-c2nc(-c3ccc(-n4c5ccccc5c5cc6c7ccc8c9ccccc9oc8c7n(-c7ccccc7)c6cc54)cc3)nc3ccccc23)cc1. The van der Waals surface area contributed by atoms with Gasteiger partial charge in [-0.2, -0.15) is 0 Å². The van der Waals surface area contributed by atoms with Crippen LogP contribution >= 0.6 is 0 Å². The van der Waals surface area contributed by atoms with Crippen molar-refractivity contribution in [2.24, 2.45) is 0 Å². The minimum atomic E-state index is 0.706. The molecule has 256 valence electrons. The van der Waals surface area contributed by atoms with Crippen molar-refractivity contribution in [3.8, 4) is 34.0 Å². The Hall–Kier alpha value is -7.50. The molecule has 8 aromatic carbocycles. The second-order valence-corrected chi connectivity index (χ2v) is 14.2. The lowest BCUT2D eigenvalue weighted by Crippen LogP contribution is -1.97. The summed E-state index contributed by atoms with van der Waals surface area (Å²) < 4.78 is 11.4. The first-order valence-corrected chi connectivity index (χ1v) is 18.6. The van der Waals surface area contributed by atoms with Gasteiger partial charge in [0.2, 0.25) is 0 Å². The molecule has 0 bridgehead atoms. The molecule has 5 heteroatoms. The Bertz CT molecular complexity index is 3470. The fourth-order valence-electron chi connectivity index (χ4n) is 8.64. The van der Waals surface area contributed by atoms with Crippen LogP contribution in [-0.4, -0.2) is 19.1 Å². The van der Waals surface area contributed by atoms with Crippen LogP contribution in [0.4, 0.5) is 0 Å². The van der Waals surface area contributed by atoms with E-state index in [1.165, 1.54) is 21.5 Å². The molecular formula is C50H30N4O. The fraction of sp³-hybridized carbons (Fsp3) is 0. The van der Waals surface area contributed by atoms with Crippen molar-refractivity contribution >= 4 is 76.5 Å². The molecule has 0 aliphatic carbocycles. The number of para-hydroxylation sites is 4. The van der Waals surface area contributed by atoms with Gasteiger partial charge in [0, 0.05) is 60.2 Å². The van der Waals surface area contributed by atoms with Crippen LogP contribution in [0, 0.1) is 0 Å². The van der Waals surface area contributed by atoms with Gasteiger partial charge < -0.3 is 13.6 Å². The molecule has 0 fully saturated rings. The van der Waals surface area contributed by atoms with Crippen LogP contribution in [0.5, 0.6) is 0 Å². The minimum absolute atomic E-state index is 0.706. The molecule has 0 saturated carbocycles. The highest BCUT2D eigenvalue weighted by Gasteiger charge is 2.22. The summed E-state index contributed by atoms with van der Waals surface area (Å²) in [5.74, 6) is 0.706. The van der Waals surface area contributed by atoms with Gasteiger partial charge in [0.05, 0.1) is 33.3 Å². The summed E-state index contributed by atoms with van der Waals surface area (Å²) in [4.78, 5) is 10.2. The van der Waals surface area contributed by atoms with E-state index < -0.39 is 0 Å². The standard InChI is InChI=1S/C50H30N4O/c1-3-13-31(14-4-1)47-39-19-7-10-20-42(39)51-50(52-47)32-23-25-34(26-24-32)53-43-21-11-8-17-35(43)40-29-41-37-27-28-38-36-18-9-12-22-46(36)55-49(38)48(37)54(45(41)30-44(40)53)33-15-5-2-6-16-33/h1-30H. The first-order valence-electron chi connectivity index (χ1n) is 18.6. The second kappa shape index (κ2) is 11.5. The molecule has 0 aliphatic rings. The zero-order chi connectivity index (χ0) is 36.0. The average Bonchev–Trinajstić information content (AvgIpc) is 3.90. The minimum Gasteiger partial charge on any atom is -0.454 e. The molecule has 0 spiro atoms. The van der Waals surface area contributed by atoms with Gasteiger partial charge in [-0.25, -0.2) is 9.97 Å². The molecule has 0 radical (unpaired) electrons. The topological polar surface area (TPSA) is 48.8 Å². The summed E-state index contributed by atoms with van der Waals surface area (Å²) >= 11 is 0. The van der Waals surface area contributed by atoms with Crippen LogP contribution < -0.4 is 0 Å². The summed E-state index contributed by atoms with van der Waals surface area (Å²) in [6.07, 6.45) is 0. The first kappa shape index (κ1) is 30.0.